The molecule has 1 saturated heterocycles. The third-order valence-corrected chi connectivity index (χ3v) is 5.36. The fourth-order valence-electron chi connectivity index (χ4n) is 3.38. The zero-order chi connectivity index (χ0) is 20.3. The van der Waals surface area contributed by atoms with E-state index in [2.05, 4.69) is 5.32 Å². The Morgan fingerprint density at radius 3 is 2.43 bits per heavy atom. The third kappa shape index (κ3) is 4.78. The molecule has 0 spiro atoms. The summed E-state index contributed by atoms with van der Waals surface area (Å²) in [4.78, 5) is 29.3. The molecule has 1 atom stereocenters. The highest BCUT2D eigenvalue weighted by molar-refractivity contribution is 6.31. The minimum Gasteiger partial charge on any atom is -0.376 e. The van der Waals surface area contributed by atoms with Crippen molar-refractivity contribution < 1.29 is 9.59 Å². The summed E-state index contributed by atoms with van der Waals surface area (Å²) in [6.07, 6.45) is 1.53. The van der Waals surface area contributed by atoms with E-state index in [1.807, 2.05) is 25.1 Å². The van der Waals surface area contributed by atoms with Gasteiger partial charge in [-0.1, -0.05) is 23.2 Å². The van der Waals surface area contributed by atoms with Gasteiger partial charge in [0.25, 0.3) is 5.91 Å². The molecule has 1 heterocycles. The second kappa shape index (κ2) is 8.84. The number of hydrogen-bond donors (Lipinski definition) is 1. The van der Waals surface area contributed by atoms with E-state index in [4.69, 9.17) is 23.2 Å². The van der Waals surface area contributed by atoms with Crippen LogP contribution in [-0.2, 0) is 4.79 Å². The van der Waals surface area contributed by atoms with Gasteiger partial charge in [0.05, 0.1) is 17.3 Å². The summed E-state index contributed by atoms with van der Waals surface area (Å²) in [7, 11) is 3.82. The zero-order valence-corrected chi connectivity index (χ0v) is 17.4. The Bertz CT molecular complexity index is 868. The number of carbonyl (C=O) groups excluding carboxylic acids is 2. The summed E-state index contributed by atoms with van der Waals surface area (Å²) in [6.45, 7) is 1.04. The number of carbonyl (C=O) groups is 2. The molecule has 0 aliphatic carbocycles. The van der Waals surface area contributed by atoms with E-state index < -0.39 is 0 Å². The second-order valence-electron chi connectivity index (χ2n) is 7.14. The third-order valence-electron chi connectivity index (χ3n) is 4.87. The van der Waals surface area contributed by atoms with Crippen LogP contribution in [0.5, 0.6) is 0 Å². The predicted molar refractivity (Wildman–Crippen MR) is 114 cm³/mol. The number of piperidine rings is 1. The van der Waals surface area contributed by atoms with Crippen molar-refractivity contribution >= 4 is 46.4 Å². The molecule has 1 aliphatic rings. The van der Waals surface area contributed by atoms with Crippen LogP contribution in [0, 0.1) is 5.92 Å². The Hall–Kier alpha value is -2.24. The number of benzene rings is 2. The van der Waals surface area contributed by atoms with E-state index >= 15 is 0 Å². The lowest BCUT2D eigenvalue weighted by molar-refractivity contribution is -0.121. The van der Waals surface area contributed by atoms with E-state index in [9.17, 15) is 9.59 Å². The summed E-state index contributed by atoms with van der Waals surface area (Å²) >= 11 is 12.0. The molecule has 1 fully saturated rings. The van der Waals surface area contributed by atoms with Gasteiger partial charge >= 0.3 is 0 Å². The van der Waals surface area contributed by atoms with Gasteiger partial charge in [0.1, 0.15) is 0 Å². The number of rotatable bonds is 4. The maximum absolute atomic E-state index is 12.9. The number of anilines is 2. The molecule has 1 aliphatic heterocycles. The molecule has 2 aromatic rings. The van der Waals surface area contributed by atoms with Crippen molar-refractivity contribution in [3.8, 4) is 0 Å². The molecular formula is C21H23Cl2N3O2. The first-order valence-electron chi connectivity index (χ1n) is 9.17. The summed E-state index contributed by atoms with van der Waals surface area (Å²) in [6, 6.07) is 12.2. The topological polar surface area (TPSA) is 52.7 Å². The summed E-state index contributed by atoms with van der Waals surface area (Å²) in [5, 5.41) is 4.14. The van der Waals surface area contributed by atoms with Gasteiger partial charge in [0.15, 0.2) is 0 Å². The van der Waals surface area contributed by atoms with Crippen LogP contribution in [0.25, 0.3) is 0 Å². The average molecular weight is 420 g/mol. The Labute approximate surface area is 175 Å². The van der Waals surface area contributed by atoms with Gasteiger partial charge in [0, 0.05) is 42.8 Å². The van der Waals surface area contributed by atoms with Crippen molar-refractivity contribution in [3.63, 3.8) is 0 Å². The first-order valence-corrected chi connectivity index (χ1v) is 9.93. The lowest BCUT2D eigenvalue weighted by atomic mass is 9.96. The number of amides is 2. The highest BCUT2D eigenvalue weighted by Crippen LogP contribution is 2.29. The minimum atomic E-state index is -0.265. The van der Waals surface area contributed by atoms with Crippen molar-refractivity contribution in [3.05, 3.63) is 58.1 Å². The molecule has 0 aromatic heterocycles. The average Bonchev–Trinajstić information content (AvgIpc) is 2.68. The highest BCUT2D eigenvalue weighted by atomic mass is 35.5. The molecule has 1 N–H and O–H groups in total. The Kier molecular flexibility index (Phi) is 6.47. The van der Waals surface area contributed by atoms with E-state index in [1.165, 1.54) is 0 Å². The molecule has 148 valence electrons. The Balaban J connectivity index is 1.70. The van der Waals surface area contributed by atoms with Crippen LogP contribution in [0.2, 0.25) is 10.0 Å². The molecule has 28 heavy (non-hydrogen) atoms. The zero-order valence-electron chi connectivity index (χ0n) is 15.9. The van der Waals surface area contributed by atoms with Gasteiger partial charge in [-0.3, -0.25) is 9.59 Å². The molecule has 5 nitrogen and oxygen atoms in total. The van der Waals surface area contributed by atoms with Crippen LogP contribution in [0.1, 0.15) is 23.2 Å². The standard InChI is InChI=1S/C21H23Cl2N3O2/c1-25(2)19-10-9-17(23)12-18(19)24-20(27)15-4-3-11-26(13-15)21(28)14-5-7-16(22)8-6-14/h5-10,12,15H,3-4,11,13H2,1-2H3,(H,24,27). The molecule has 1 unspecified atom stereocenters. The van der Waals surface area contributed by atoms with Crippen LogP contribution >= 0.6 is 23.2 Å². The number of nitrogens with zero attached hydrogens (tertiary/aromatic N) is 2. The number of likely N-dealkylation sites (tertiary alicyclic amines) is 1. The van der Waals surface area contributed by atoms with Crippen molar-refractivity contribution in [2.75, 3.05) is 37.4 Å². The number of halogens is 2. The molecule has 3 rings (SSSR count). The maximum Gasteiger partial charge on any atom is 0.253 e. The molecule has 0 radical (unpaired) electrons. The minimum absolute atomic E-state index is 0.0779. The number of hydrogen-bond acceptors (Lipinski definition) is 3. The smallest absolute Gasteiger partial charge is 0.253 e. The van der Waals surface area contributed by atoms with Gasteiger partial charge in [-0.25, -0.2) is 0 Å². The Morgan fingerprint density at radius 2 is 1.75 bits per heavy atom. The van der Waals surface area contributed by atoms with Gasteiger partial charge < -0.3 is 15.1 Å². The van der Waals surface area contributed by atoms with Crippen molar-refractivity contribution in [2.45, 2.75) is 12.8 Å². The summed E-state index contributed by atoms with van der Waals surface area (Å²) in [5.74, 6) is -0.441. The molecule has 0 bridgehead atoms. The molecule has 2 aromatic carbocycles. The summed E-state index contributed by atoms with van der Waals surface area (Å²) < 4.78 is 0. The monoisotopic (exact) mass is 419 g/mol. The van der Waals surface area contributed by atoms with Gasteiger partial charge in [-0.2, -0.15) is 0 Å². The SMILES string of the molecule is CN(C)c1ccc(Cl)cc1NC(=O)C1CCCN(C(=O)c2ccc(Cl)cc2)C1. The van der Waals surface area contributed by atoms with Crippen LogP contribution < -0.4 is 10.2 Å². The lowest BCUT2D eigenvalue weighted by Crippen LogP contribution is -2.43. The van der Waals surface area contributed by atoms with Crippen LogP contribution in [0.4, 0.5) is 11.4 Å². The van der Waals surface area contributed by atoms with E-state index in [0.29, 0.717) is 34.4 Å². The largest absolute Gasteiger partial charge is 0.376 e. The second-order valence-corrected chi connectivity index (χ2v) is 8.02. The van der Waals surface area contributed by atoms with Crippen LogP contribution in [0.3, 0.4) is 0 Å². The first-order chi connectivity index (χ1) is 13.3. The van der Waals surface area contributed by atoms with Crippen molar-refractivity contribution in [2.24, 2.45) is 5.92 Å². The van der Waals surface area contributed by atoms with Gasteiger partial charge in [-0.05, 0) is 55.3 Å². The van der Waals surface area contributed by atoms with Gasteiger partial charge in [-0.15, -0.1) is 0 Å². The molecule has 0 saturated carbocycles. The Morgan fingerprint density at radius 1 is 1.07 bits per heavy atom. The van der Waals surface area contributed by atoms with Crippen LogP contribution in [0.15, 0.2) is 42.5 Å². The van der Waals surface area contributed by atoms with E-state index in [1.54, 1.807) is 41.3 Å². The quantitative estimate of drug-likeness (QED) is 0.790. The molecule has 7 heteroatoms. The fraction of sp³-hybridized carbons (Fsp3) is 0.333. The van der Waals surface area contributed by atoms with E-state index in [-0.39, 0.29) is 17.7 Å². The van der Waals surface area contributed by atoms with Gasteiger partial charge in [0.2, 0.25) is 5.91 Å². The van der Waals surface area contributed by atoms with Crippen molar-refractivity contribution in [1.29, 1.82) is 0 Å². The van der Waals surface area contributed by atoms with E-state index in [0.717, 1.165) is 18.5 Å². The first kappa shape index (κ1) is 20.5. The fourth-order valence-corrected chi connectivity index (χ4v) is 3.68. The highest BCUT2D eigenvalue weighted by Gasteiger charge is 2.29. The predicted octanol–water partition coefficient (Wildman–Crippen LogP) is 4.55. The molecule has 2 amide bonds. The van der Waals surface area contributed by atoms with Crippen LogP contribution in [-0.4, -0.2) is 43.9 Å². The summed E-state index contributed by atoms with van der Waals surface area (Å²) in [5.41, 5.74) is 2.13. The maximum atomic E-state index is 12.9. The molecular weight excluding hydrogens is 397 g/mol. The number of nitrogens with one attached hydrogen (secondary N) is 1. The normalized spacial score (nSPS) is 16.6. The van der Waals surface area contributed by atoms with Crippen molar-refractivity contribution in [1.82, 2.24) is 4.90 Å². The lowest BCUT2D eigenvalue weighted by Gasteiger charge is -2.32.